The number of hydrogen-bond donors (Lipinski definition) is 3. The molecule has 7 nitrogen and oxygen atoms in total. The summed E-state index contributed by atoms with van der Waals surface area (Å²) < 4.78 is 0. The van der Waals surface area contributed by atoms with Gasteiger partial charge in [-0.05, 0) is 18.2 Å². The minimum Gasteiger partial charge on any atom is -0.479 e. The maximum atomic E-state index is 11.3. The van der Waals surface area contributed by atoms with E-state index in [1.807, 2.05) is 30.5 Å². The number of amides is 2. The molecule has 1 aromatic carbocycles. The predicted octanol–water partition coefficient (Wildman–Crippen LogP) is 0.890. The van der Waals surface area contributed by atoms with Crippen molar-refractivity contribution in [1.82, 2.24) is 5.48 Å². The minimum atomic E-state index is -1.16. The number of rotatable bonds is 5. The Labute approximate surface area is 104 Å². The van der Waals surface area contributed by atoms with Crippen LogP contribution in [0.15, 0.2) is 24.3 Å². The number of anilines is 2. The van der Waals surface area contributed by atoms with Crippen molar-refractivity contribution in [1.29, 1.82) is 0 Å². The largest absolute Gasteiger partial charge is 0.479 e. The molecule has 0 unspecified atom stereocenters. The number of nitrogens with zero attached hydrogens (tertiary/aromatic N) is 1. The Hall–Kier alpha value is -2.28. The van der Waals surface area contributed by atoms with E-state index in [-0.39, 0.29) is 0 Å². The molecular formula is C11H15N3O4. The average Bonchev–Trinajstić information content (AvgIpc) is 2.28. The summed E-state index contributed by atoms with van der Waals surface area (Å²) in [4.78, 5) is 27.8. The molecule has 0 fully saturated rings. The third kappa shape index (κ3) is 4.71. The molecule has 0 bridgehead atoms. The molecule has 2 amide bonds. The van der Waals surface area contributed by atoms with Gasteiger partial charge in [0.1, 0.15) is 0 Å². The van der Waals surface area contributed by atoms with Gasteiger partial charge in [0, 0.05) is 25.5 Å². The number of nitrogens with one attached hydrogen (secondary N) is 2. The summed E-state index contributed by atoms with van der Waals surface area (Å²) in [6.07, 6.45) is 0. The summed E-state index contributed by atoms with van der Waals surface area (Å²) in [6.45, 7) is -0.592. The lowest BCUT2D eigenvalue weighted by Gasteiger charge is -2.14. The van der Waals surface area contributed by atoms with Crippen LogP contribution in [-0.4, -0.2) is 37.8 Å². The standard InChI is InChI=1S/C11H15N3O4/c1-14(2)9-5-3-4-8(6-9)12-11(17)13-18-7-10(15)16/h3-6H,7H2,1-2H3,(H,15,16)(H2,12,13,17). The SMILES string of the molecule is CN(C)c1cccc(NC(=O)NOCC(=O)O)c1. The van der Waals surface area contributed by atoms with Crippen molar-refractivity contribution in [2.24, 2.45) is 0 Å². The van der Waals surface area contributed by atoms with E-state index in [1.165, 1.54) is 0 Å². The van der Waals surface area contributed by atoms with Crippen LogP contribution in [0.1, 0.15) is 0 Å². The Morgan fingerprint density at radius 2 is 2.11 bits per heavy atom. The van der Waals surface area contributed by atoms with E-state index in [1.54, 1.807) is 18.2 Å². The van der Waals surface area contributed by atoms with Gasteiger partial charge in [0.05, 0.1) is 0 Å². The average molecular weight is 253 g/mol. The number of urea groups is 1. The quantitative estimate of drug-likeness (QED) is 0.678. The molecule has 0 atom stereocenters. The molecule has 7 heteroatoms. The van der Waals surface area contributed by atoms with Crippen molar-refractivity contribution in [3.8, 4) is 0 Å². The molecule has 3 N–H and O–H groups in total. The van der Waals surface area contributed by atoms with Crippen LogP contribution in [0, 0.1) is 0 Å². The lowest BCUT2D eigenvalue weighted by Crippen LogP contribution is -2.30. The second kappa shape index (κ2) is 6.45. The molecule has 1 aromatic rings. The van der Waals surface area contributed by atoms with Crippen LogP contribution < -0.4 is 15.7 Å². The van der Waals surface area contributed by atoms with Gasteiger partial charge in [0.15, 0.2) is 6.61 Å². The normalized spacial score (nSPS) is 9.67. The zero-order chi connectivity index (χ0) is 13.5. The van der Waals surface area contributed by atoms with Crippen molar-refractivity contribution in [3.05, 3.63) is 24.3 Å². The van der Waals surface area contributed by atoms with E-state index in [2.05, 4.69) is 10.2 Å². The highest BCUT2D eigenvalue weighted by Crippen LogP contribution is 2.16. The Balaban J connectivity index is 2.49. The molecule has 0 aliphatic carbocycles. The van der Waals surface area contributed by atoms with Crippen LogP contribution in [0.5, 0.6) is 0 Å². The molecule has 0 saturated heterocycles. The Bertz CT molecular complexity index is 434. The van der Waals surface area contributed by atoms with Crippen molar-refractivity contribution < 1.29 is 19.5 Å². The van der Waals surface area contributed by atoms with Crippen molar-refractivity contribution >= 4 is 23.4 Å². The molecule has 0 saturated carbocycles. The second-order valence-corrected chi connectivity index (χ2v) is 3.68. The van der Waals surface area contributed by atoms with E-state index < -0.39 is 18.6 Å². The fourth-order valence-corrected chi connectivity index (χ4v) is 1.18. The molecule has 0 aliphatic heterocycles. The summed E-state index contributed by atoms with van der Waals surface area (Å²) in [5, 5.41) is 10.8. The van der Waals surface area contributed by atoms with Crippen LogP contribution in [0.3, 0.4) is 0 Å². The highest BCUT2D eigenvalue weighted by molar-refractivity contribution is 5.89. The lowest BCUT2D eigenvalue weighted by atomic mass is 10.2. The van der Waals surface area contributed by atoms with Crippen LogP contribution in [0.2, 0.25) is 0 Å². The molecule has 0 aromatic heterocycles. The van der Waals surface area contributed by atoms with Gasteiger partial charge in [-0.3, -0.25) is 4.84 Å². The van der Waals surface area contributed by atoms with E-state index in [4.69, 9.17) is 5.11 Å². The maximum Gasteiger partial charge on any atom is 0.343 e. The number of hydrogen-bond acceptors (Lipinski definition) is 4. The second-order valence-electron chi connectivity index (χ2n) is 3.68. The van der Waals surface area contributed by atoms with Crippen molar-refractivity contribution in [2.75, 3.05) is 30.9 Å². The van der Waals surface area contributed by atoms with Crippen LogP contribution in [0.25, 0.3) is 0 Å². The number of benzene rings is 1. The van der Waals surface area contributed by atoms with Crippen molar-refractivity contribution in [2.45, 2.75) is 0 Å². The van der Waals surface area contributed by atoms with E-state index in [0.29, 0.717) is 5.69 Å². The first-order valence-corrected chi connectivity index (χ1v) is 5.17. The zero-order valence-corrected chi connectivity index (χ0v) is 10.1. The van der Waals surface area contributed by atoms with Gasteiger partial charge in [-0.25, -0.2) is 15.1 Å². The first kappa shape index (κ1) is 13.8. The first-order chi connectivity index (χ1) is 8.49. The summed E-state index contributed by atoms with van der Waals surface area (Å²) in [5.74, 6) is -1.16. The topological polar surface area (TPSA) is 90.9 Å². The molecule has 1 rings (SSSR count). The highest BCUT2D eigenvalue weighted by Gasteiger charge is 2.04. The Morgan fingerprint density at radius 3 is 2.72 bits per heavy atom. The number of carboxylic acids is 1. The van der Waals surface area contributed by atoms with Crippen LogP contribution in [-0.2, 0) is 9.63 Å². The molecule has 18 heavy (non-hydrogen) atoms. The van der Waals surface area contributed by atoms with Gasteiger partial charge in [0.25, 0.3) is 0 Å². The zero-order valence-electron chi connectivity index (χ0n) is 10.1. The molecule has 0 heterocycles. The molecular weight excluding hydrogens is 238 g/mol. The van der Waals surface area contributed by atoms with E-state index in [0.717, 1.165) is 5.69 Å². The monoisotopic (exact) mass is 253 g/mol. The lowest BCUT2D eigenvalue weighted by molar-refractivity contribution is -0.143. The summed E-state index contributed by atoms with van der Waals surface area (Å²) in [6, 6.07) is 6.54. The summed E-state index contributed by atoms with van der Waals surface area (Å²) in [7, 11) is 3.77. The third-order valence-electron chi connectivity index (χ3n) is 1.98. The number of carbonyl (C=O) groups is 2. The van der Waals surface area contributed by atoms with Gasteiger partial charge in [-0.2, -0.15) is 0 Å². The van der Waals surface area contributed by atoms with Gasteiger partial charge in [-0.15, -0.1) is 0 Å². The van der Waals surface area contributed by atoms with Crippen molar-refractivity contribution in [3.63, 3.8) is 0 Å². The molecule has 0 radical (unpaired) electrons. The number of aliphatic carboxylic acids is 1. The third-order valence-corrected chi connectivity index (χ3v) is 1.98. The van der Waals surface area contributed by atoms with Crippen LogP contribution >= 0.6 is 0 Å². The summed E-state index contributed by atoms with van der Waals surface area (Å²) in [5.41, 5.74) is 3.48. The van der Waals surface area contributed by atoms with Gasteiger partial charge < -0.3 is 15.3 Å². The van der Waals surface area contributed by atoms with E-state index in [9.17, 15) is 9.59 Å². The fourth-order valence-electron chi connectivity index (χ4n) is 1.18. The van der Waals surface area contributed by atoms with E-state index >= 15 is 0 Å². The van der Waals surface area contributed by atoms with Crippen LogP contribution in [0.4, 0.5) is 16.2 Å². The van der Waals surface area contributed by atoms with Gasteiger partial charge in [-0.1, -0.05) is 6.07 Å². The molecule has 0 aliphatic rings. The Kier molecular flexibility index (Phi) is 4.94. The number of carboxylic acid groups (broad SMARTS) is 1. The number of hydroxylamine groups is 1. The smallest absolute Gasteiger partial charge is 0.343 e. The van der Waals surface area contributed by atoms with Gasteiger partial charge in [0.2, 0.25) is 0 Å². The summed E-state index contributed by atoms with van der Waals surface area (Å²) >= 11 is 0. The minimum absolute atomic E-state index is 0.581. The highest BCUT2D eigenvalue weighted by atomic mass is 16.7. The first-order valence-electron chi connectivity index (χ1n) is 5.17. The van der Waals surface area contributed by atoms with Gasteiger partial charge >= 0.3 is 12.0 Å². The number of carbonyl (C=O) groups excluding carboxylic acids is 1. The fraction of sp³-hybridized carbons (Fsp3) is 0.273. The predicted molar refractivity (Wildman–Crippen MR) is 66.5 cm³/mol. The molecule has 0 spiro atoms. The maximum absolute atomic E-state index is 11.3. The Morgan fingerprint density at radius 1 is 1.39 bits per heavy atom. The molecule has 98 valence electrons.